The van der Waals surface area contributed by atoms with E-state index in [2.05, 4.69) is 10.4 Å². The van der Waals surface area contributed by atoms with Crippen LogP contribution in [0.2, 0.25) is 0 Å². The van der Waals surface area contributed by atoms with Crippen LogP contribution < -0.4 is 11.1 Å². The Hall–Kier alpha value is -1.36. The molecule has 0 radical (unpaired) electrons. The quantitative estimate of drug-likeness (QED) is 0.732. The second-order valence-corrected chi connectivity index (χ2v) is 3.60. The predicted octanol–water partition coefficient (Wildman–Crippen LogP) is 0.342. The Morgan fingerprint density at radius 2 is 2.29 bits per heavy atom. The second kappa shape index (κ2) is 4.23. The highest BCUT2D eigenvalue weighted by Gasteiger charge is 2.17. The maximum Gasteiger partial charge on any atom is 0.242 e. The minimum atomic E-state index is -0.482. The van der Waals surface area contributed by atoms with Gasteiger partial charge in [0.2, 0.25) is 5.91 Å². The van der Waals surface area contributed by atoms with Crippen LogP contribution in [-0.2, 0) is 11.8 Å². The lowest BCUT2D eigenvalue weighted by molar-refractivity contribution is -0.118. The molecule has 1 atom stereocenters. The van der Waals surface area contributed by atoms with Gasteiger partial charge >= 0.3 is 0 Å². The molecule has 1 heterocycles. The van der Waals surface area contributed by atoms with Gasteiger partial charge in [-0.1, -0.05) is 13.8 Å². The van der Waals surface area contributed by atoms with Crippen LogP contribution in [0.3, 0.4) is 0 Å². The summed E-state index contributed by atoms with van der Waals surface area (Å²) in [5.74, 6) is 0.609. The van der Waals surface area contributed by atoms with E-state index in [1.807, 2.05) is 13.8 Å². The normalized spacial score (nSPS) is 12.9. The summed E-state index contributed by atoms with van der Waals surface area (Å²) in [6, 6.07) is 1.25. The molecule has 0 aliphatic rings. The first-order valence-electron chi connectivity index (χ1n) is 4.57. The van der Waals surface area contributed by atoms with E-state index in [-0.39, 0.29) is 11.8 Å². The molecule has 3 N–H and O–H groups in total. The van der Waals surface area contributed by atoms with Gasteiger partial charge in [-0.05, 0) is 5.92 Å². The van der Waals surface area contributed by atoms with Gasteiger partial charge in [0.05, 0.1) is 12.2 Å². The average Bonchev–Trinajstić information content (AvgIpc) is 2.50. The van der Waals surface area contributed by atoms with Crippen molar-refractivity contribution in [3.05, 3.63) is 12.3 Å². The molecule has 0 aliphatic heterocycles. The first kappa shape index (κ1) is 10.7. The lowest BCUT2D eigenvalue weighted by Crippen LogP contribution is -2.40. The van der Waals surface area contributed by atoms with E-state index < -0.39 is 6.04 Å². The number of nitrogens with one attached hydrogen (secondary N) is 1. The number of aryl methyl sites for hydroxylation is 1. The van der Waals surface area contributed by atoms with Gasteiger partial charge in [0.25, 0.3) is 0 Å². The molecule has 1 aromatic heterocycles. The number of rotatable bonds is 3. The van der Waals surface area contributed by atoms with Gasteiger partial charge in [0.15, 0.2) is 0 Å². The van der Waals surface area contributed by atoms with Crippen molar-refractivity contribution in [1.29, 1.82) is 0 Å². The molecule has 5 nitrogen and oxygen atoms in total. The fourth-order valence-corrected chi connectivity index (χ4v) is 1.01. The summed E-state index contributed by atoms with van der Waals surface area (Å²) in [7, 11) is 1.76. The molecule has 0 spiro atoms. The van der Waals surface area contributed by atoms with Crippen molar-refractivity contribution in [3.63, 3.8) is 0 Å². The highest BCUT2D eigenvalue weighted by molar-refractivity contribution is 5.94. The fraction of sp³-hybridized carbons (Fsp3) is 0.556. The Balaban J connectivity index is 2.62. The Labute approximate surface area is 83.3 Å². The van der Waals surface area contributed by atoms with E-state index in [0.29, 0.717) is 5.82 Å². The van der Waals surface area contributed by atoms with E-state index in [1.54, 1.807) is 24.0 Å². The van der Waals surface area contributed by atoms with E-state index in [0.717, 1.165) is 0 Å². The lowest BCUT2D eigenvalue weighted by atomic mass is 10.1. The van der Waals surface area contributed by atoms with Crippen molar-refractivity contribution in [1.82, 2.24) is 9.78 Å². The standard InChI is InChI=1S/C9H16N4O/c1-6(2)8(10)9(14)12-7-4-5-11-13(7)3/h4-6,8H,10H2,1-3H3,(H,12,14). The predicted molar refractivity (Wildman–Crippen MR) is 54.7 cm³/mol. The third kappa shape index (κ3) is 2.32. The number of amides is 1. The second-order valence-electron chi connectivity index (χ2n) is 3.60. The van der Waals surface area contributed by atoms with Gasteiger partial charge in [0.1, 0.15) is 5.82 Å². The SMILES string of the molecule is CC(C)C(N)C(=O)Nc1ccnn1C. The summed E-state index contributed by atoms with van der Waals surface area (Å²) >= 11 is 0. The van der Waals surface area contributed by atoms with Gasteiger partial charge in [-0.2, -0.15) is 5.10 Å². The van der Waals surface area contributed by atoms with E-state index in [1.165, 1.54) is 0 Å². The maximum atomic E-state index is 11.5. The van der Waals surface area contributed by atoms with Crippen LogP contribution in [0.4, 0.5) is 5.82 Å². The zero-order valence-electron chi connectivity index (χ0n) is 8.69. The molecule has 0 aliphatic carbocycles. The first-order chi connectivity index (χ1) is 6.52. The topological polar surface area (TPSA) is 72.9 Å². The van der Waals surface area contributed by atoms with Crippen molar-refractivity contribution in [2.75, 3.05) is 5.32 Å². The molecule has 0 saturated heterocycles. The molecule has 78 valence electrons. The fourth-order valence-electron chi connectivity index (χ4n) is 1.01. The Bertz CT molecular complexity index is 318. The highest BCUT2D eigenvalue weighted by Crippen LogP contribution is 2.06. The summed E-state index contributed by atoms with van der Waals surface area (Å²) < 4.78 is 1.59. The Morgan fingerprint density at radius 1 is 1.64 bits per heavy atom. The van der Waals surface area contributed by atoms with Gasteiger partial charge in [0, 0.05) is 13.1 Å². The van der Waals surface area contributed by atoms with Crippen molar-refractivity contribution < 1.29 is 4.79 Å². The number of hydrogen-bond donors (Lipinski definition) is 2. The molecule has 14 heavy (non-hydrogen) atoms. The van der Waals surface area contributed by atoms with Crippen LogP contribution in [0.1, 0.15) is 13.8 Å². The van der Waals surface area contributed by atoms with Crippen molar-refractivity contribution in [2.45, 2.75) is 19.9 Å². The molecule has 0 saturated carbocycles. The number of hydrogen-bond acceptors (Lipinski definition) is 3. The maximum absolute atomic E-state index is 11.5. The van der Waals surface area contributed by atoms with Crippen LogP contribution in [0.5, 0.6) is 0 Å². The third-order valence-electron chi connectivity index (χ3n) is 2.09. The van der Waals surface area contributed by atoms with Gasteiger partial charge in [-0.3, -0.25) is 9.48 Å². The van der Waals surface area contributed by atoms with Crippen LogP contribution in [0.25, 0.3) is 0 Å². The third-order valence-corrected chi connectivity index (χ3v) is 2.09. The first-order valence-corrected chi connectivity index (χ1v) is 4.57. The number of carbonyl (C=O) groups excluding carboxylic acids is 1. The van der Waals surface area contributed by atoms with Crippen LogP contribution in [-0.4, -0.2) is 21.7 Å². The van der Waals surface area contributed by atoms with Crippen molar-refractivity contribution in [2.24, 2.45) is 18.7 Å². The van der Waals surface area contributed by atoms with Crippen molar-refractivity contribution in [3.8, 4) is 0 Å². The molecule has 1 unspecified atom stereocenters. The largest absolute Gasteiger partial charge is 0.320 e. The summed E-state index contributed by atoms with van der Waals surface area (Å²) in [5.41, 5.74) is 5.68. The van der Waals surface area contributed by atoms with E-state index >= 15 is 0 Å². The number of anilines is 1. The molecule has 0 bridgehead atoms. The van der Waals surface area contributed by atoms with Crippen LogP contribution >= 0.6 is 0 Å². The van der Waals surface area contributed by atoms with Crippen LogP contribution in [0, 0.1) is 5.92 Å². The average molecular weight is 196 g/mol. The smallest absolute Gasteiger partial charge is 0.242 e. The summed E-state index contributed by atoms with van der Waals surface area (Å²) in [5, 5.41) is 6.64. The summed E-state index contributed by atoms with van der Waals surface area (Å²) in [6.45, 7) is 3.82. The molecule has 0 fully saturated rings. The highest BCUT2D eigenvalue weighted by atomic mass is 16.2. The molecule has 1 rings (SSSR count). The minimum Gasteiger partial charge on any atom is -0.320 e. The summed E-state index contributed by atoms with van der Waals surface area (Å²) in [6.07, 6.45) is 1.62. The number of aromatic nitrogens is 2. The Morgan fingerprint density at radius 3 is 2.71 bits per heavy atom. The van der Waals surface area contributed by atoms with Gasteiger partial charge in [-0.25, -0.2) is 0 Å². The van der Waals surface area contributed by atoms with E-state index in [4.69, 9.17) is 5.73 Å². The van der Waals surface area contributed by atoms with E-state index in [9.17, 15) is 4.79 Å². The molecular weight excluding hydrogens is 180 g/mol. The van der Waals surface area contributed by atoms with Gasteiger partial charge in [-0.15, -0.1) is 0 Å². The molecule has 1 aromatic rings. The lowest BCUT2D eigenvalue weighted by Gasteiger charge is -2.14. The summed E-state index contributed by atoms with van der Waals surface area (Å²) in [4.78, 5) is 11.5. The minimum absolute atomic E-state index is 0.128. The Kier molecular flexibility index (Phi) is 3.24. The van der Waals surface area contributed by atoms with Crippen molar-refractivity contribution >= 4 is 11.7 Å². The molecule has 0 aromatic carbocycles. The van der Waals surface area contributed by atoms with Crippen LogP contribution in [0.15, 0.2) is 12.3 Å². The number of carbonyl (C=O) groups is 1. The zero-order chi connectivity index (χ0) is 10.7. The zero-order valence-corrected chi connectivity index (χ0v) is 8.69. The molecule has 1 amide bonds. The monoisotopic (exact) mass is 196 g/mol. The van der Waals surface area contributed by atoms with Gasteiger partial charge < -0.3 is 11.1 Å². The molecular formula is C9H16N4O. The number of nitrogens with zero attached hydrogens (tertiary/aromatic N) is 2. The number of nitrogens with two attached hydrogens (primary N) is 1. The molecule has 5 heteroatoms.